The zero-order valence-electron chi connectivity index (χ0n) is 17.3. The minimum atomic E-state index is -3.45. The Labute approximate surface area is 181 Å². The summed E-state index contributed by atoms with van der Waals surface area (Å²) in [7, 11) is -1.86. The van der Waals surface area contributed by atoms with Gasteiger partial charge in [-0.1, -0.05) is 12.1 Å². The van der Waals surface area contributed by atoms with Crippen molar-refractivity contribution in [2.24, 2.45) is 5.92 Å². The second-order valence-corrected chi connectivity index (χ2v) is 10.1. The maximum absolute atomic E-state index is 13.2. The molecule has 0 saturated carbocycles. The Morgan fingerprint density at radius 1 is 1.16 bits per heavy atom. The SMILES string of the molecule is COc1cccc(CN2C[C@@H]3CCN(C(=O)Nc4ccc(F)cc4)CC[C@@H]3S2(=O)=O)c1. The van der Waals surface area contributed by atoms with E-state index in [2.05, 4.69) is 5.32 Å². The van der Waals surface area contributed by atoms with Crippen LogP contribution in [-0.4, -0.2) is 55.6 Å². The minimum absolute atomic E-state index is 0.0146. The zero-order chi connectivity index (χ0) is 22.0. The highest BCUT2D eigenvalue weighted by Gasteiger charge is 2.47. The molecule has 2 aliphatic rings. The summed E-state index contributed by atoms with van der Waals surface area (Å²) in [6.07, 6.45) is 1.02. The number of rotatable bonds is 4. The number of hydrogen-bond donors (Lipinski definition) is 1. The number of halogens is 1. The van der Waals surface area contributed by atoms with Crippen molar-refractivity contribution in [1.29, 1.82) is 0 Å². The van der Waals surface area contributed by atoms with Crippen LogP contribution in [0, 0.1) is 11.7 Å². The van der Waals surface area contributed by atoms with E-state index in [0.29, 0.717) is 50.5 Å². The average molecular weight is 448 g/mol. The molecule has 9 heteroatoms. The van der Waals surface area contributed by atoms with Crippen LogP contribution in [0.3, 0.4) is 0 Å². The number of methoxy groups -OCH3 is 1. The quantitative estimate of drug-likeness (QED) is 0.780. The van der Waals surface area contributed by atoms with Gasteiger partial charge >= 0.3 is 6.03 Å². The van der Waals surface area contributed by atoms with Crippen LogP contribution in [0.5, 0.6) is 5.75 Å². The molecule has 2 heterocycles. The third-order valence-electron chi connectivity index (χ3n) is 6.04. The monoisotopic (exact) mass is 447 g/mol. The van der Waals surface area contributed by atoms with Gasteiger partial charge in [0, 0.05) is 31.9 Å². The van der Waals surface area contributed by atoms with E-state index < -0.39 is 15.3 Å². The molecule has 31 heavy (non-hydrogen) atoms. The molecule has 1 N–H and O–H groups in total. The summed E-state index contributed by atoms with van der Waals surface area (Å²) in [6, 6.07) is 12.7. The van der Waals surface area contributed by atoms with Crippen molar-refractivity contribution in [2.75, 3.05) is 32.1 Å². The van der Waals surface area contributed by atoms with Crippen LogP contribution < -0.4 is 10.1 Å². The third-order valence-corrected chi connectivity index (χ3v) is 8.42. The van der Waals surface area contributed by atoms with Gasteiger partial charge in [-0.2, -0.15) is 4.31 Å². The van der Waals surface area contributed by atoms with Crippen molar-refractivity contribution >= 4 is 21.7 Å². The number of carbonyl (C=O) groups excluding carboxylic acids is 1. The Bertz CT molecular complexity index is 1040. The van der Waals surface area contributed by atoms with Crippen molar-refractivity contribution in [3.8, 4) is 5.75 Å². The highest BCUT2D eigenvalue weighted by molar-refractivity contribution is 7.90. The van der Waals surface area contributed by atoms with E-state index >= 15 is 0 Å². The van der Waals surface area contributed by atoms with Crippen LogP contribution in [0.4, 0.5) is 14.9 Å². The van der Waals surface area contributed by atoms with Gasteiger partial charge in [0.15, 0.2) is 0 Å². The van der Waals surface area contributed by atoms with Gasteiger partial charge in [0.25, 0.3) is 0 Å². The molecule has 2 aromatic carbocycles. The van der Waals surface area contributed by atoms with Crippen LogP contribution >= 0.6 is 0 Å². The number of ether oxygens (including phenoxy) is 1. The Morgan fingerprint density at radius 2 is 1.90 bits per heavy atom. The number of nitrogens with one attached hydrogen (secondary N) is 1. The molecule has 2 aliphatic heterocycles. The van der Waals surface area contributed by atoms with E-state index in [1.807, 2.05) is 24.3 Å². The number of amides is 2. The normalized spacial score (nSPS) is 23.1. The lowest BCUT2D eigenvalue weighted by molar-refractivity contribution is 0.212. The molecule has 2 saturated heterocycles. The van der Waals surface area contributed by atoms with E-state index in [-0.39, 0.29) is 17.8 Å². The van der Waals surface area contributed by atoms with E-state index in [1.165, 1.54) is 24.3 Å². The Hall–Kier alpha value is -2.65. The van der Waals surface area contributed by atoms with Crippen LogP contribution in [0.25, 0.3) is 0 Å². The van der Waals surface area contributed by atoms with E-state index in [1.54, 1.807) is 16.3 Å². The lowest BCUT2D eigenvalue weighted by atomic mass is 10.0. The lowest BCUT2D eigenvalue weighted by Gasteiger charge is -2.22. The second-order valence-electron chi connectivity index (χ2n) is 7.99. The van der Waals surface area contributed by atoms with Crippen LogP contribution in [0.2, 0.25) is 0 Å². The van der Waals surface area contributed by atoms with Gasteiger partial charge in [0.05, 0.1) is 12.4 Å². The first-order chi connectivity index (χ1) is 14.9. The van der Waals surface area contributed by atoms with Gasteiger partial charge < -0.3 is 15.0 Å². The number of sulfonamides is 1. The number of hydrogen-bond acceptors (Lipinski definition) is 4. The summed E-state index contributed by atoms with van der Waals surface area (Å²) < 4.78 is 46.2. The standard InChI is InChI=1S/C22H26FN3O4S/c1-30-20-4-2-3-16(13-20)14-26-15-17-9-11-25(12-10-21(17)31(26,28)29)22(27)24-19-7-5-18(23)6-8-19/h2-8,13,17,21H,9-12,14-15H2,1H3,(H,24,27)/t17-,21-/m0/s1. The predicted octanol–water partition coefficient (Wildman–Crippen LogP) is 3.29. The summed E-state index contributed by atoms with van der Waals surface area (Å²) in [5.74, 6) is 0.314. The maximum Gasteiger partial charge on any atom is 0.321 e. The Balaban J connectivity index is 1.40. The molecule has 2 aromatic rings. The summed E-state index contributed by atoms with van der Waals surface area (Å²) in [6.45, 7) is 1.62. The summed E-state index contributed by atoms with van der Waals surface area (Å²) >= 11 is 0. The first-order valence-electron chi connectivity index (χ1n) is 10.3. The second kappa shape index (κ2) is 8.84. The van der Waals surface area contributed by atoms with Gasteiger partial charge in [-0.3, -0.25) is 0 Å². The molecule has 0 bridgehead atoms. The predicted molar refractivity (Wildman–Crippen MR) is 116 cm³/mol. The maximum atomic E-state index is 13.2. The average Bonchev–Trinajstić information content (AvgIpc) is 2.89. The van der Waals surface area contributed by atoms with E-state index in [9.17, 15) is 17.6 Å². The molecule has 0 aromatic heterocycles. The Morgan fingerprint density at radius 3 is 2.65 bits per heavy atom. The molecule has 0 radical (unpaired) electrons. The minimum Gasteiger partial charge on any atom is -0.497 e. The van der Waals surface area contributed by atoms with Crippen molar-refractivity contribution in [3.05, 3.63) is 59.9 Å². The third kappa shape index (κ3) is 4.67. The first kappa shape index (κ1) is 21.6. The molecule has 0 aliphatic carbocycles. The molecule has 0 unspecified atom stereocenters. The van der Waals surface area contributed by atoms with Crippen molar-refractivity contribution < 1.29 is 22.3 Å². The highest BCUT2D eigenvalue weighted by atomic mass is 32.2. The van der Waals surface area contributed by atoms with Gasteiger partial charge in [-0.15, -0.1) is 0 Å². The smallest absolute Gasteiger partial charge is 0.321 e. The van der Waals surface area contributed by atoms with Crippen molar-refractivity contribution in [2.45, 2.75) is 24.6 Å². The van der Waals surface area contributed by atoms with Gasteiger partial charge in [0.1, 0.15) is 11.6 Å². The number of urea groups is 1. The fourth-order valence-corrected chi connectivity index (χ4v) is 6.59. The number of benzene rings is 2. The molecule has 0 spiro atoms. The number of carbonyl (C=O) groups is 1. The molecule has 2 amide bonds. The molecular formula is C22H26FN3O4S. The van der Waals surface area contributed by atoms with Gasteiger partial charge in [-0.05, 0) is 60.7 Å². The summed E-state index contributed by atoms with van der Waals surface area (Å²) in [5, 5.41) is 2.27. The number of anilines is 1. The lowest BCUT2D eigenvalue weighted by Crippen LogP contribution is -2.37. The molecule has 2 atom stereocenters. The van der Waals surface area contributed by atoms with Crippen molar-refractivity contribution in [3.63, 3.8) is 0 Å². The summed E-state index contributed by atoms with van der Waals surface area (Å²) in [4.78, 5) is 14.2. The Kier molecular flexibility index (Phi) is 6.15. The molecule has 4 rings (SSSR count). The highest BCUT2D eigenvalue weighted by Crippen LogP contribution is 2.35. The van der Waals surface area contributed by atoms with Crippen LogP contribution in [0.1, 0.15) is 18.4 Å². The van der Waals surface area contributed by atoms with Crippen LogP contribution in [0.15, 0.2) is 48.5 Å². The number of likely N-dealkylation sites (tertiary alicyclic amines) is 1. The van der Waals surface area contributed by atoms with Crippen LogP contribution in [-0.2, 0) is 16.6 Å². The number of nitrogens with zero attached hydrogens (tertiary/aromatic N) is 2. The zero-order valence-corrected chi connectivity index (χ0v) is 18.1. The first-order valence-corrected chi connectivity index (χ1v) is 11.8. The fourth-order valence-electron chi connectivity index (χ4n) is 4.36. The molecule has 2 fully saturated rings. The molecule has 166 valence electrons. The van der Waals surface area contributed by atoms with Crippen molar-refractivity contribution in [1.82, 2.24) is 9.21 Å². The van der Waals surface area contributed by atoms with Gasteiger partial charge in [-0.25, -0.2) is 17.6 Å². The molecule has 7 nitrogen and oxygen atoms in total. The largest absolute Gasteiger partial charge is 0.497 e. The summed E-state index contributed by atoms with van der Waals surface area (Å²) in [5.41, 5.74) is 1.40. The topological polar surface area (TPSA) is 79.0 Å². The van der Waals surface area contributed by atoms with Gasteiger partial charge in [0.2, 0.25) is 10.0 Å². The fraction of sp³-hybridized carbons (Fsp3) is 0.409. The van der Waals surface area contributed by atoms with E-state index in [0.717, 1.165) is 5.56 Å². The number of fused-ring (bicyclic) bond motifs is 1. The van der Waals surface area contributed by atoms with E-state index in [4.69, 9.17) is 4.74 Å². The molecular weight excluding hydrogens is 421 g/mol.